The Kier molecular flexibility index (Phi) is 3.21. The summed E-state index contributed by atoms with van der Waals surface area (Å²) in [7, 11) is 0. The van der Waals surface area contributed by atoms with Crippen molar-refractivity contribution in [3.8, 4) is 5.88 Å². The Balaban J connectivity index is 2.19. The molecule has 0 spiro atoms. The number of hydrogen-bond acceptors (Lipinski definition) is 5. The molecule has 0 aliphatic carbocycles. The second kappa shape index (κ2) is 4.63. The third kappa shape index (κ3) is 2.40. The van der Waals surface area contributed by atoms with Gasteiger partial charge >= 0.3 is 0 Å². The van der Waals surface area contributed by atoms with Crippen molar-refractivity contribution in [3.05, 3.63) is 22.2 Å². The summed E-state index contributed by atoms with van der Waals surface area (Å²) in [5.74, 6) is 0.124. The van der Waals surface area contributed by atoms with Crippen molar-refractivity contribution < 1.29 is 9.84 Å². The van der Waals surface area contributed by atoms with E-state index in [1.807, 2.05) is 0 Å². The number of aromatic hydroxyl groups is 1. The van der Waals surface area contributed by atoms with Crippen LogP contribution in [0.3, 0.4) is 0 Å². The monoisotopic (exact) mass is 225 g/mol. The Hall–Kier alpha value is -1.40. The summed E-state index contributed by atoms with van der Waals surface area (Å²) in [6, 6.07) is 1.05. The van der Waals surface area contributed by atoms with E-state index >= 15 is 0 Å². The molecule has 88 valence electrons. The fourth-order valence-corrected chi connectivity index (χ4v) is 1.77. The number of aromatic nitrogens is 2. The average molecular weight is 225 g/mol. The summed E-state index contributed by atoms with van der Waals surface area (Å²) < 4.78 is 5.52. The van der Waals surface area contributed by atoms with Crippen LogP contribution in [-0.2, 0) is 4.74 Å². The summed E-state index contributed by atoms with van der Waals surface area (Å²) in [6.45, 7) is 5.18. The number of nitrogens with zero attached hydrogens (tertiary/aromatic N) is 2. The maximum Gasteiger partial charge on any atom is 0.254 e. The van der Waals surface area contributed by atoms with Crippen LogP contribution in [0.4, 0.5) is 0 Å². The number of hydrogen-bond donors (Lipinski definition) is 2. The summed E-state index contributed by atoms with van der Waals surface area (Å²) in [5, 5.41) is 9.25. The highest BCUT2D eigenvalue weighted by molar-refractivity contribution is 5.08. The predicted octanol–water partition coefficient (Wildman–Crippen LogP) is -0.131. The van der Waals surface area contributed by atoms with Crippen LogP contribution >= 0.6 is 0 Å². The summed E-state index contributed by atoms with van der Waals surface area (Å²) in [6.07, 6.45) is -0.270. The van der Waals surface area contributed by atoms with Crippen molar-refractivity contribution in [2.75, 3.05) is 26.2 Å². The van der Waals surface area contributed by atoms with Gasteiger partial charge in [0.1, 0.15) is 11.9 Å². The van der Waals surface area contributed by atoms with Crippen molar-refractivity contribution >= 4 is 0 Å². The first-order valence-electron chi connectivity index (χ1n) is 5.33. The van der Waals surface area contributed by atoms with Crippen LogP contribution in [0.5, 0.6) is 5.88 Å². The lowest BCUT2D eigenvalue weighted by atomic mass is 10.2. The highest BCUT2D eigenvalue weighted by Gasteiger charge is 2.23. The quantitative estimate of drug-likeness (QED) is 0.733. The molecular formula is C10H15N3O3. The minimum Gasteiger partial charge on any atom is -0.493 e. The van der Waals surface area contributed by atoms with E-state index in [2.05, 4.69) is 21.8 Å². The van der Waals surface area contributed by atoms with Crippen LogP contribution in [0.1, 0.15) is 18.9 Å². The Bertz CT molecular complexity index is 418. The molecule has 6 heteroatoms. The van der Waals surface area contributed by atoms with E-state index in [1.165, 1.54) is 0 Å². The number of ether oxygens (including phenoxy) is 1. The van der Waals surface area contributed by atoms with Crippen LogP contribution in [0, 0.1) is 0 Å². The molecule has 0 radical (unpaired) electrons. The van der Waals surface area contributed by atoms with Gasteiger partial charge in [-0.3, -0.25) is 9.69 Å². The summed E-state index contributed by atoms with van der Waals surface area (Å²) >= 11 is 0. The van der Waals surface area contributed by atoms with Crippen LogP contribution in [0.25, 0.3) is 0 Å². The van der Waals surface area contributed by atoms with Crippen molar-refractivity contribution in [1.29, 1.82) is 0 Å². The van der Waals surface area contributed by atoms with Gasteiger partial charge in [-0.1, -0.05) is 6.92 Å². The first-order valence-corrected chi connectivity index (χ1v) is 5.33. The normalized spacial score (nSPS) is 22.2. The van der Waals surface area contributed by atoms with Gasteiger partial charge < -0.3 is 14.8 Å². The van der Waals surface area contributed by atoms with E-state index < -0.39 is 0 Å². The molecule has 2 rings (SSSR count). The van der Waals surface area contributed by atoms with Crippen molar-refractivity contribution in [1.82, 2.24) is 14.9 Å². The van der Waals surface area contributed by atoms with Gasteiger partial charge in [0.2, 0.25) is 5.88 Å². The summed E-state index contributed by atoms with van der Waals surface area (Å²) in [4.78, 5) is 19.8. The molecule has 1 aromatic heterocycles. The molecular weight excluding hydrogens is 210 g/mol. The number of aromatic amines is 1. The van der Waals surface area contributed by atoms with E-state index in [4.69, 9.17) is 4.74 Å². The maximum absolute atomic E-state index is 11.2. The van der Waals surface area contributed by atoms with Crippen molar-refractivity contribution in [2.24, 2.45) is 0 Å². The first kappa shape index (κ1) is 11.1. The van der Waals surface area contributed by atoms with Gasteiger partial charge in [-0.05, 0) is 6.54 Å². The van der Waals surface area contributed by atoms with Crippen LogP contribution in [0.2, 0.25) is 0 Å². The number of morpholine rings is 1. The lowest BCUT2D eigenvalue weighted by Crippen LogP contribution is -2.39. The smallest absolute Gasteiger partial charge is 0.254 e. The number of rotatable bonds is 2. The van der Waals surface area contributed by atoms with E-state index in [0.29, 0.717) is 19.0 Å². The standard InChI is InChI=1S/C10H15N3O3/c1-2-13-3-4-16-7(6-13)10-11-8(14)5-9(15)12-10/h5,7H,2-4,6H2,1H3,(H2,11,12,14,15). The zero-order valence-electron chi connectivity index (χ0n) is 9.14. The van der Waals surface area contributed by atoms with Gasteiger partial charge in [0.15, 0.2) is 0 Å². The molecule has 6 nitrogen and oxygen atoms in total. The number of H-pyrrole nitrogens is 1. The van der Waals surface area contributed by atoms with Gasteiger partial charge in [-0.25, -0.2) is 0 Å². The molecule has 0 aromatic carbocycles. The summed E-state index contributed by atoms with van der Waals surface area (Å²) in [5.41, 5.74) is -0.361. The second-order valence-electron chi connectivity index (χ2n) is 3.74. The molecule has 0 amide bonds. The first-order chi connectivity index (χ1) is 7.69. The molecule has 2 N–H and O–H groups in total. The van der Waals surface area contributed by atoms with Crippen LogP contribution in [-0.4, -0.2) is 46.2 Å². The molecule has 0 saturated carbocycles. The number of nitrogens with one attached hydrogen (secondary N) is 1. The highest BCUT2D eigenvalue weighted by Crippen LogP contribution is 2.18. The zero-order chi connectivity index (χ0) is 11.5. The average Bonchev–Trinajstić information content (AvgIpc) is 2.28. The van der Waals surface area contributed by atoms with Crippen molar-refractivity contribution in [2.45, 2.75) is 13.0 Å². The van der Waals surface area contributed by atoms with E-state index in [9.17, 15) is 9.90 Å². The molecule has 2 heterocycles. The molecule has 1 aromatic rings. The van der Waals surface area contributed by atoms with Gasteiger partial charge in [0, 0.05) is 13.1 Å². The topological polar surface area (TPSA) is 78.5 Å². The molecule has 1 saturated heterocycles. The maximum atomic E-state index is 11.2. The van der Waals surface area contributed by atoms with Crippen LogP contribution in [0.15, 0.2) is 10.9 Å². The molecule has 1 aliphatic rings. The third-order valence-electron chi connectivity index (χ3n) is 2.65. The second-order valence-corrected chi connectivity index (χ2v) is 3.74. The molecule has 16 heavy (non-hydrogen) atoms. The lowest BCUT2D eigenvalue weighted by molar-refractivity contribution is -0.0329. The van der Waals surface area contributed by atoms with Gasteiger partial charge in [0.25, 0.3) is 5.56 Å². The molecule has 1 atom stereocenters. The largest absolute Gasteiger partial charge is 0.493 e. The molecule has 0 bridgehead atoms. The van der Waals surface area contributed by atoms with Gasteiger partial charge in [-0.15, -0.1) is 0 Å². The number of likely N-dealkylation sites (N-methyl/N-ethyl adjacent to an activating group) is 1. The zero-order valence-corrected chi connectivity index (χ0v) is 9.14. The Morgan fingerprint density at radius 1 is 1.75 bits per heavy atom. The SMILES string of the molecule is CCN1CCOC(c2nc(O)cc(=O)[nH]2)C1. The minimum absolute atomic E-state index is 0.268. The lowest BCUT2D eigenvalue weighted by Gasteiger charge is -2.31. The van der Waals surface area contributed by atoms with E-state index in [0.717, 1.165) is 19.2 Å². The Labute approximate surface area is 92.9 Å². The van der Waals surface area contributed by atoms with Gasteiger partial charge in [0.05, 0.1) is 12.7 Å². The predicted molar refractivity (Wildman–Crippen MR) is 57.3 cm³/mol. The van der Waals surface area contributed by atoms with E-state index in [-0.39, 0.29) is 17.5 Å². The van der Waals surface area contributed by atoms with Crippen molar-refractivity contribution in [3.63, 3.8) is 0 Å². The molecule has 1 fully saturated rings. The fourth-order valence-electron chi connectivity index (χ4n) is 1.77. The fraction of sp³-hybridized carbons (Fsp3) is 0.600. The Morgan fingerprint density at radius 3 is 3.25 bits per heavy atom. The van der Waals surface area contributed by atoms with Crippen LogP contribution < -0.4 is 5.56 Å². The minimum atomic E-state index is -0.361. The molecule has 1 unspecified atom stereocenters. The highest BCUT2D eigenvalue weighted by atomic mass is 16.5. The third-order valence-corrected chi connectivity index (χ3v) is 2.65. The van der Waals surface area contributed by atoms with Gasteiger partial charge in [-0.2, -0.15) is 4.98 Å². The molecule has 1 aliphatic heterocycles. The Morgan fingerprint density at radius 2 is 2.56 bits per heavy atom. The van der Waals surface area contributed by atoms with E-state index in [1.54, 1.807) is 0 Å².